The van der Waals surface area contributed by atoms with Gasteiger partial charge >= 0.3 is 0 Å². The molecule has 0 aliphatic rings. The first-order valence-electron chi connectivity index (χ1n) is 4.19. The lowest BCUT2D eigenvalue weighted by molar-refractivity contribution is -0.00000206. The van der Waals surface area contributed by atoms with Crippen LogP contribution in [0.4, 0.5) is 0 Å². The fraction of sp³-hybridized carbons (Fsp3) is 1.00. The van der Waals surface area contributed by atoms with Crippen LogP contribution in [0.2, 0.25) is 0 Å². The van der Waals surface area contributed by atoms with E-state index in [1.165, 1.54) is 38.3 Å². The number of unbranched alkanes of at least 4 members (excludes halogenated alkanes) is 4. The molecule has 0 saturated carbocycles. The molecule has 0 bridgehead atoms. The Labute approximate surface area is 84.4 Å². The van der Waals surface area contributed by atoms with Crippen LogP contribution in [0.3, 0.4) is 0 Å². The first-order chi connectivity index (χ1) is 4.41. The van der Waals surface area contributed by atoms with E-state index in [-0.39, 0.29) is 24.0 Å². The van der Waals surface area contributed by atoms with Crippen LogP contribution >= 0.6 is 8.58 Å². The summed E-state index contributed by atoms with van der Waals surface area (Å²) in [4.78, 5) is 0. The van der Waals surface area contributed by atoms with Gasteiger partial charge in [-0.15, -0.1) is 0 Å². The predicted octanol–water partition coefficient (Wildman–Crippen LogP) is 0.00140. The third kappa shape index (κ3) is 11.9. The maximum atomic E-state index is 2.35. The number of hydrogen-bond acceptors (Lipinski definition) is 0. The van der Waals surface area contributed by atoms with E-state index in [1.54, 1.807) is 0 Å². The highest BCUT2D eigenvalue weighted by Gasteiger charge is 1.88. The zero-order valence-corrected chi connectivity index (χ0v) is 10.5. The Morgan fingerprint density at radius 3 is 2.10 bits per heavy atom. The third-order valence-electron chi connectivity index (χ3n) is 1.60. The van der Waals surface area contributed by atoms with Gasteiger partial charge in [0.15, 0.2) is 0 Å². The highest BCUT2D eigenvalue weighted by atomic mass is 127. The minimum Gasteiger partial charge on any atom is -1.00 e. The SMILES string of the molecule is CCCCCCC[PH2+]C.[I-]. The molecule has 0 fully saturated rings. The molecule has 0 spiro atoms. The minimum atomic E-state index is 0. The van der Waals surface area contributed by atoms with E-state index < -0.39 is 0 Å². The zero-order valence-electron chi connectivity index (χ0n) is 7.20. The molecule has 0 aliphatic heterocycles. The van der Waals surface area contributed by atoms with Gasteiger partial charge in [0.2, 0.25) is 0 Å². The minimum absolute atomic E-state index is 0. The van der Waals surface area contributed by atoms with Gasteiger partial charge in [-0.2, -0.15) is 0 Å². The van der Waals surface area contributed by atoms with Gasteiger partial charge in [0.05, 0.1) is 6.16 Å². The van der Waals surface area contributed by atoms with E-state index in [9.17, 15) is 0 Å². The zero-order chi connectivity index (χ0) is 6.95. The van der Waals surface area contributed by atoms with Crippen LogP contribution in [-0.2, 0) is 0 Å². The second kappa shape index (κ2) is 12.8. The van der Waals surface area contributed by atoms with Crippen molar-refractivity contribution in [1.82, 2.24) is 0 Å². The lowest BCUT2D eigenvalue weighted by atomic mass is 10.2. The summed E-state index contributed by atoms with van der Waals surface area (Å²) in [7, 11) is 0.775. The van der Waals surface area contributed by atoms with Crippen molar-refractivity contribution in [2.45, 2.75) is 39.0 Å². The molecule has 64 valence electrons. The lowest BCUT2D eigenvalue weighted by Crippen LogP contribution is -3.00. The molecule has 0 aliphatic carbocycles. The standard InChI is InChI=1S/C8H19P.HI/c1-3-4-5-6-7-8-9-2;/h9H,3-8H2,1-2H3;1H. The van der Waals surface area contributed by atoms with Crippen molar-refractivity contribution in [3.8, 4) is 0 Å². The van der Waals surface area contributed by atoms with Gasteiger partial charge in [0.1, 0.15) is 0 Å². The summed E-state index contributed by atoms with van der Waals surface area (Å²) >= 11 is 0. The summed E-state index contributed by atoms with van der Waals surface area (Å²) in [6, 6.07) is 0. The fourth-order valence-corrected chi connectivity index (χ4v) is 1.65. The summed E-state index contributed by atoms with van der Waals surface area (Å²) in [5.74, 6) is 0. The molecule has 1 unspecified atom stereocenters. The average molecular weight is 274 g/mol. The molecule has 0 saturated heterocycles. The highest BCUT2D eigenvalue weighted by Crippen LogP contribution is 2.09. The monoisotopic (exact) mass is 274 g/mol. The molecule has 0 amide bonds. The van der Waals surface area contributed by atoms with E-state index in [2.05, 4.69) is 13.6 Å². The topological polar surface area (TPSA) is 0 Å². The Morgan fingerprint density at radius 1 is 1.00 bits per heavy atom. The molecule has 0 N–H and O–H groups in total. The van der Waals surface area contributed by atoms with Crippen molar-refractivity contribution in [3.05, 3.63) is 0 Å². The first kappa shape index (κ1) is 13.7. The first-order valence-corrected chi connectivity index (χ1v) is 6.16. The van der Waals surface area contributed by atoms with Crippen molar-refractivity contribution in [1.29, 1.82) is 0 Å². The Balaban J connectivity index is 0. The molecule has 0 aromatic heterocycles. The van der Waals surface area contributed by atoms with Gasteiger partial charge in [-0.25, -0.2) is 0 Å². The Morgan fingerprint density at radius 2 is 1.60 bits per heavy atom. The van der Waals surface area contributed by atoms with Crippen LogP contribution in [0.25, 0.3) is 0 Å². The Kier molecular flexibility index (Phi) is 17.6. The maximum Gasteiger partial charge on any atom is 0.0546 e. The molecule has 0 heterocycles. The van der Waals surface area contributed by atoms with Gasteiger partial charge in [-0.3, -0.25) is 0 Å². The normalized spacial score (nSPS) is 10.2. The van der Waals surface area contributed by atoms with Crippen LogP contribution in [0.1, 0.15) is 39.0 Å². The lowest BCUT2D eigenvalue weighted by Gasteiger charge is -1.93. The quantitative estimate of drug-likeness (QED) is 0.363. The fourth-order valence-electron chi connectivity index (χ4n) is 0.952. The summed E-state index contributed by atoms with van der Waals surface area (Å²) in [6.45, 7) is 4.62. The number of rotatable bonds is 6. The largest absolute Gasteiger partial charge is 1.00 e. The van der Waals surface area contributed by atoms with Crippen molar-refractivity contribution < 1.29 is 24.0 Å². The molecule has 0 aromatic rings. The van der Waals surface area contributed by atoms with Gasteiger partial charge in [0.25, 0.3) is 0 Å². The molecule has 0 radical (unpaired) electrons. The van der Waals surface area contributed by atoms with Crippen molar-refractivity contribution in [2.24, 2.45) is 0 Å². The van der Waals surface area contributed by atoms with E-state index >= 15 is 0 Å². The van der Waals surface area contributed by atoms with Crippen molar-refractivity contribution >= 4 is 8.58 Å². The molecule has 0 rings (SSSR count). The molecule has 0 aromatic carbocycles. The van der Waals surface area contributed by atoms with E-state index in [1.807, 2.05) is 0 Å². The van der Waals surface area contributed by atoms with E-state index in [4.69, 9.17) is 0 Å². The summed E-state index contributed by atoms with van der Waals surface area (Å²) in [5.41, 5.74) is 0. The van der Waals surface area contributed by atoms with Crippen LogP contribution in [0, 0.1) is 0 Å². The van der Waals surface area contributed by atoms with Crippen molar-refractivity contribution in [2.75, 3.05) is 12.8 Å². The Hall–Kier alpha value is 1.16. The summed E-state index contributed by atoms with van der Waals surface area (Å²) < 4.78 is 0. The van der Waals surface area contributed by atoms with Crippen LogP contribution < -0.4 is 24.0 Å². The summed E-state index contributed by atoms with van der Waals surface area (Å²) in [6.07, 6.45) is 8.78. The molecule has 10 heavy (non-hydrogen) atoms. The van der Waals surface area contributed by atoms with Gasteiger partial charge in [-0.05, 0) is 21.4 Å². The molecule has 1 atom stereocenters. The van der Waals surface area contributed by atoms with Crippen molar-refractivity contribution in [3.63, 3.8) is 0 Å². The van der Waals surface area contributed by atoms with Crippen LogP contribution in [-0.4, -0.2) is 12.8 Å². The van der Waals surface area contributed by atoms with Gasteiger partial charge < -0.3 is 24.0 Å². The van der Waals surface area contributed by atoms with E-state index in [0.717, 1.165) is 8.58 Å². The third-order valence-corrected chi connectivity index (χ3v) is 2.58. The van der Waals surface area contributed by atoms with Crippen LogP contribution in [0.15, 0.2) is 0 Å². The molecular formula is C8H20IP. The predicted molar refractivity (Wildman–Crippen MR) is 49.3 cm³/mol. The summed E-state index contributed by atoms with van der Waals surface area (Å²) in [5, 5.41) is 0. The smallest absolute Gasteiger partial charge is 0.0546 e. The van der Waals surface area contributed by atoms with E-state index in [0.29, 0.717) is 0 Å². The average Bonchev–Trinajstić information content (AvgIpc) is 1.89. The number of hydrogen-bond donors (Lipinski definition) is 0. The highest BCUT2D eigenvalue weighted by molar-refractivity contribution is 7.36. The molecular weight excluding hydrogens is 254 g/mol. The van der Waals surface area contributed by atoms with Crippen LogP contribution in [0.5, 0.6) is 0 Å². The van der Waals surface area contributed by atoms with Gasteiger partial charge in [-0.1, -0.05) is 26.2 Å². The number of halogens is 1. The maximum absolute atomic E-state index is 2.35. The Bertz CT molecular complexity index is 42.5. The molecule has 2 heteroatoms. The van der Waals surface area contributed by atoms with Gasteiger partial charge in [0, 0.05) is 6.66 Å². The molecule has 0 nitrogen and oxygen atoms in total. The second-order valence-corrected chi connectivity index (χ2v) is 4.00. The second-order valence-electron chi connectivity index (χ2n) is 2.61.